The van der Waals surface area contributed by atoms with E-state index in [1.54, 1.807) is 0 Å². The van der Waals surface area contributed by atoms with E-state index >= 15 is 0 Å². The molecule has 84 valence electrons. The average Bonchev–Trinajstić information content (AvgIpc) is 2.71. The van der Waals surface area contributed by atoms with Gasteiger partial charge in [0.05, 0.1) is 6.54 Å². The molecule has 0 aromatic rings. The topological polar surface area (TPSA) is 46.6 Å². The van der Waals surface area contributed by atoms with Gasteiger partial charge in [0.15, 0.2) is 0 Å². The van der Waals surface area contributed by atoms with Gasteiger partial charge in [0, 0.05) is 5.92 Å². The highest BCUT2D eigenvalue weighted by molar-refractivity contribution is 5.94. The highest BCUT2D eigenvalue weighted by Crippen LogP contribution is 2.41. The van der Waals surface area contributed by atoms with Gasteiger partial charge in [-0.1, -0.05) is 13.8 Å². The van der Waals surface area contributed by atoms with Crippen molar-refractivity contribution >= 4 is 12.0 Å². The minimum atomic E-state index is -0.468. The fraction of sp³-hybridized carbons (Fsp3) is 0.818. The van der Waals surface area contributed by atoms with Crippen LogP contribution in [0, 0.1) is 11.3 Å². The average molecular weight is 211 g/mol. The van der Waals surface area contributed by atoms with Crippen molar-refractivity contribution in [2.24, 2.45) is 11.3 Å². The zero-order chi connectivity index (χ0) is 11.1. The van der Waals surface area contributed by atoms with Gasteiger partial charge in [-0.3, -0.25) is 4.79 Å². The van der Waals surface area contributed by atoms with Gasteiger partial charge in [-0.2, -0.15) is 0 Å². The summed E-state index contributed by atoms with van der Waals surface area (Å²) in [5.74, 6) is -0.0197. The maximum absolute atomic E-state index is 12.0. The summed E-state index contributed by atoms with van der Waals surface area (Å²) >= 11 is 0. The number of hydrogen-bond donors (Lipinski definition) is 0. The van der Waals surface area contributed by atoms with Crippen LogP contribution in [0.5, 0.6) is 0 Å². The van der Waals surface area contributed by atoms with Crippen LogP contribution in [-0.2, 0) is 9.53 Å². The second-order valence-electron chi connectivity index (χ2n) is 5.21. The molecule has 0 spiro atoms. The lowest BCUT2D eigenvalue weighted by molar-refractivity contribution is -0.132. The third kappa shape index (κ3) is 1.98. The minimum Gasteiger partial charge on any atom is -0.447 e. The molecule has 0 aromatic heterocycles. The summed E-state index contributed by atoms with van der Waals surface area (Å²) < 4.78 is 4.76. The van der Waals surface area contributed by atoms with Gasteiger partial charge in [0.25, 0.3) is 0 Å². The zero-order valence-corrected chi connectivity index (χ0v) is 9.28. The quantitative estimate of drug-likeness (QED) is 0.664. The van der Waals surface area contributed by atoms with Crippen molar-refractivity contribution in [2.75, 3.05) is 13.2 Å². The SMILES string of the molecule is CC1(C)CCC(C(=O)N2CCOC2=O)C1. The second kappa shape index (κ2) is 3.51. The maximum atomic E-state index is 12.0. The molecule has 4 nitrogen and oxygen atoms in total. The molecule has 1 aliphatic carbocycles. The third-order valence-electron chi connectivity index (χ3n) is 3.34. The standard InChI is InChI=1S/C11H17NO3/c1-11(2)4-3-8(7-11)9(13)12-5-6-15-10(12)14/h8H,3-7H2,1-2H3. The summed E-state index contributed by atoms with van der Waals surface area (Å²) in [6.45, 7) is 5.11. The molecular weight excluding hydrogens is 194 g/mol. The van der Waals surface area contributed by atoms with Crippen LogP contribution in [0.25, 0.3) is 0 Å². The molecule has 4 heteroatoms. The molecule has 1 heterocycles. The van der Waals surface area contributed by atoms with Crippen molar-refractivity contribution in [3.8, 4) is 0 Å². The Labute approximate surface area is 89.6 Å². The number of carbonyl (C=O) groups excluding carboxylic acids is 2. The molecule has 15 heavy (non-hydrogen) atoms. The van der Waals surface area contributed by atoms with Gasteiger partial charge < -0.3 is 4.74 Å². The molecule has 2 fully saturated rings. The lowest BCUT2D eigenvalue weighted by Crippen LogP contribution is -2.36. The lowest BCUT2D eigenvalue weighted by Gasteiger charge is -2.19. The molecular formula is C11H17NO3. The second-order valence-corrected chi connectivity index (χ2v) is 5.21. The van der Waals surface area contributed by atoms with E-state index in [9.17, 15) is 9.59 Å². The van der Waals surface area contributed by atoms with E-state index in [4.69, 9.17) is 4.74 Å². The smallest absolute Gasteiger partial charge is 0.416 e. The van der Waals surface area contributed by atoms with Gasteiger partial charge in [-0.05, 0) is 24.7 Å². The molecule has 1 unspecified atom stereocenters. The Morgan fingerprint density at radius 3 is 2.73 bits per heavy atom. The van der Waals surface area contributed by atoms with Crippen LogP contribution in [0.15, 0.2) is 0 Å². The molecule has 2 aliphatic rings. The Morgan fingerprint density at radius 1 is 1.53 bits per heavy atom. The number of amides is 2. The van der Waals surface area contributed by atoms with Crippen LogP contribution >= 0.6 is 0 Å². The highest BCUT2D eigenvalue weighted by atomic mass is 16.6. The van der Waals surface area contributed by atoms with Crippen LogP contribution < -0.4 is 0 Å². The predicted molar refractivity (Wildman–Crippen MR) is 54.2 cm³/mol. The van der Waals surface area contributed by atoms with Crippen LogP contribution in [0.2, 0.25) is 0 Å². The normalized spacial score (nSPS) is 29.3. The molecule has 0 N–H and O–H groups in total. The van der Waals surface area contributed by atoms with Crippen molar-refractivity contribution in [1.82, 2.24) is 4.90 Å². The first-order valence-corrected chi connectivity index (χ1v) is 5.48. The van der Waals surface area contributed by atoms with Crippen molar-refractivity contribution in [2.45, 2.75) is 33.1 Å². The molecule has 2 rings (SSSR count). The Bertz CT molecular complexity index is 298. The summed E-state index contributed by atoms with van der Waals surface area (Å²) in [4.78, 5) is 24.4. The first kappa shape index (κ1) is 10.5. The van der Waals surface area contributed by atoms with Gasteiger partial charge in [-0.15, -0.1) is 0 Å². The molecule has 0 aromatic carbocycles. The number of rotatable bonds is 1. The number of nitrogens with zero attached hydrogens (tertiary/aromatic N) is 1. The Balaban J connectivity index is 2.00. The molecule has 1 saturated carbocycles. The fourth-order valence-electron chi connectivity index (χ4n) is 2.46. The fourth-order valence-corrected chi connectivity index (χ4v) is 2.46. The van der Waals surface area contributed by atoms with E-state index in [0.29, 0.717) is 13.2 Å². The number of cyclic esters (lactones) is 1. The molecule has 1 aliphatic heterocycles. The summed E-state index contributed by atoms with van der Waals surface area (Å²) in [7, 11) is 0. The van der Waals surface area contributed by atoms with E-state index in [2.05, 4.69) is 13.8 Å². The molecule has 0 bridgehead atoms. The first-order chi connectivity index (χ1) is 6.99. The van der Waals surface area contributed by atoms with Crippen molar-refractivity contribution in [3.05, 3.63) is 0 Å². The predicted octanol–water partition coefficient (Wildman–Crippen LogP) is 1.79. The maximum Gasteiger partial charge on any atom is 0.416 e. The van der Waals surface area contributed by atoms with E-state index < -0.39 is 6.09 Å². The van der Waals surface area contributed by atoms with Crippen molar-refractivity contribution in [3.63, 3.8) is 0 Å². The minimum absolute atomic E-state index is 0.0191. The van der Waals surface area contributed by atoms with E-state index in [-0.39, 0.29) is 17.2 Å². The molecule has 1 saturated heterocycles. The number of ether oxygens (including phenoxy) is 1. The molecule has 0 radical (unpaired) electrons. The van der Waals surface area contributed by atoms with Gasteiger partial charge in [0.2, 0.25) is 5.91 Å². The Kier molecular flexibility index (Phi) is 2.44. The summed E-state index contributed by atoms with van der Waals surface area (Å²) in [6, 6.07) is 0. The van der Waals surface area contributed by atoms with Crippen LogP contribution in [0.4, 0.5) is 4.79 Å². The number of carbonyl (C=O) groups is 2. The summed E-state index contributed by atoms with van der Waals surface area (Å²) in [5, 5.41) is 0. The van der Waals surface area contributed by atoms with Crippen molar-refractivity contribution in [1.29, 1.82) is 0 Å². The van der Waals surface area contributed by atoms with Crippen molar-refractivity contribution < 1.29 is 14.3 Å². The van der Waals surface area contributed by atoms with Gasteiger partial charge in [0.1, 0.15) is 6.61 Å². The van der Waals surface area contributed by atoms with Gasteiger partial charge >= 0.3 is 6.09 Å². The van der Waals surface area contributed by atoms with E-state index in [0.717, 1.165) is 19.3 Å². The largest absolute Gasteiger partial charge is 0.447 e. The Hall–Kier alpha value is -1.06. The summed E-state index contributed by atoms with van der Waals surface area (Å²) in [6.07, 6.45) is 2.38. The number of imide groups is 1. The third-order valence-corrected chi connectivity index (χ3v) is 3.34. The number of hydrogen-bond acceptors (Lipinski definition) is 3. The zero-order valence-electron chi connectivity index (χ0n) is 9.28. The lowest BCUT2D eigenvalue weighted by atomic mass is 9.90. The van der Waals surface area contributed by atoms with Gasteiger partial charge in [-0.25, -0.2) is 9.69 Å². The Morgan fingerprint density at radius 2 is 2.27 bits per heavy atom. The van der Waals surface area contributed by atoms with E-state index in [1.807, 2.05) is 0 Å². The van der Waals surface area contributed by atoms with E-state index in [1.165, 1.54) is 4.90 Å². The van der Waals surface area contributed by atoms with Crippen LogP contribution in [-0.4, -0.2) is 30.1 Å². The van der Waals surface area contributed by atoms with Crippen LogP contribution in [0.1, 0.15) is 33.1 Å². The van der Waals surface area contributed by atoms with Crippen LogP contribution in [0.3, 0.4) is 0 Å². The summed E-state index contributed by atoms with van der Waals surface area (Å²) in [5.41, 5.74) is 0.240. The molecule has 2 amide bonds. The monoisotopic (exact) mass is 211 g/mol. The highest BCUT2D eigenvalue weighted by Gasteiger charge is 2.40. The first-order valence-electron chi connectivity index (χ1n) is 5.48. The molecule has 1 atom stereocenters.